The zero-order valence-corrected chi connectivity index (χ0v) is 16.5. The Morgan fingerprint density at radius 2 is 1.83 bits per heavy atom. The van der Waals surface area contributed by atoms with Gasteiger partial charge in [-0.15, -0.1) is 0 Å². The Morgan fingerprint density at radius 1 is 1.10 bits per heavy atom. The van der Waals surface area contributed by atoms with Crippen LogP contribution < -0.4 is 0 Å². The molecule has 8 heteroatoms. The number of nitrogens with zero attached hydrogens (tertiary/aromatic N) is 4. The van der Waals surface area contributed by atoms with Crippen molar-refractivity contribution in [1.82, 2.24) is 19.2 Å². The summed E-state index contributed by atoms with van der Waals surface area (Å²) in [4.78, 5) is 14.7. The quantitative estimate of drug-likeness (QED) is 0.463. The maximum Gasteiger partial charge on any atom is 0.203 e. The molecule has 1 aliphatic rings. The van der Waals surface area contributed by atoms with Crippen LogP contribution in [0.2, 0.25) is 0 Å². The number of benzene rings is 2. The number of hydrogen-bond donors (Lipinski definition) is 0. The predicted octanol–water partition coefficient (Wildman–Crippen LogP) is 4.23. The summed E-state index contributed by atoms with van der Waals surface area (Å²) in [5.74, 6) is -1.91. The van der Waals surface area contributed by atoms with Gasteiger partial charge in [-0.3, -0.25) is 14.3 Å². The standard InChI is InChI=1S/C21H20F2N4OS/c22-16-6-7-19(23)18(12-16)20(28)15-8-10-25(11-9-15)14-27-21(29)26(13-24-27)17-4-2-1-3-5-17/h1-7,12-13,15H,8-11,14H2. The third kappa shape index (κ3) is 4.18. The van der Waals surface area contributed by atoms with Crippen LogP contribution in [-0.4, -0.2) is 38.1 Å². The van der Waals surface area contributed by atoms with E-state index in [-0.39, 0.29) is 17.3 Å². The normalized spacial score (nSPS) is 15.5. The molecule has 0 unspecified atom stereocenters. The fraction of sp³-hybridized carbons (Fsp3) is 0.286. The van der Waals surface area contributed by atoms with E-state index in [4.69, 9.17) is 12.2 Å². The number of halogens is 2. The van der Waals surface area contributed by atoms with E-state index in [0.29, 0.717) is 37.4 Å². The molecule has 2 aromatic carbocycles. The summed E-state index contributed by atoms with van der Waals surface area (Å²) < 4.78 is 31.5. The van der Waals surface area contributed by atoms with Crippen molar-refractivity contribution in [2.24, 2.45) is 5.92 Å². The first-order valence-electron chi connectivity index (χ1n) is 9.44. The van der Waals surface area contributed by atoms with Gasteiger partial charge in [-0.05, 0) is 55.4 Å². The van der Waals surface area contributed by atoms with Crippen LogP contribution in [0, 0.1) is 22.3 Å². The molecule has 0 atom stereocenters. The van der Waals surface area contributed by atoms with Gasteiger partial charge in [-0.25, -0.2) is 13.5 Å². The molecule has 1 aromatic heterocycles. The van der Waals surface area contributed by atoms with Crippen LogP contribution in [0.15, 0.2) is 54.9 Å². The van der Waals surface area contributed by atoms with Crippen molar-refractivity contribution in [2.75, 3.05) is 13.1 Å². The topological polar surface area (TPSA) is 43.1 Å². The Bertz CT molecular complexity index is 1070. The SMILES string of the molecule is O=C(c1cc(F)ccc1F)C1CCN(Cn2ncn(-c3ccccc3)c2=S)CC1. The van der Waals surface area contributed by atoms with Crippen LogP contribution in [0.4, 0.5) is 8.78 Å². The maximum absolute atomic E-state index is 13.9. The fourth-order valence-electron chi connectivity index (χ4n) is 3.63. The molecule has 1 aliphatic heterocycles. The van der Waals surface area contributed by atoms with Crippen LogP contribution in [0.3, 0.4) is 0 Å². The second-order valence-electron chi connectivity index (χ2n) is 7.14. The number of carbonyl (C=O) groups excluding carboxylic acids is 1. The number of rotatable bonds is 5. The van der Waals surface area contributed by atoms with Crippen LogP contribution in [-0.2, 0) is 6.67 Å². The van der Waals surface area contributed by atoms with Crippen molar-refractivity contribution in [2.45, 2.75) is 19.5 Å². The number of aromatic nitrogens is 3. The summed E-state index contributed by atoms with van der Waals surface area (Å²) in [6, 6.07) is 12.8. The summed E-state index contributed by atoms with van der Waals surface area (Å²) in [5.41, 5.74) is 0.789. The van der Waals surface area contributed by atoms with Crippen LogP contribution in [0.25, 0.3) is 5.69 Å². The van der Waals surface area contributed by atoms with Gasteiger partial charge in [0.05, 0.1) is 12.2 Å². The van der Waals surface area contributed by atoms with E-state index in [9.17, 15) is 13.6 Å². The zero-order chi connectivity index (χ0) is 20.4. The Kier molecular flexibility index (Phi) is 5.64. The Labute approximate surface area is 172 Å². The molecule has 0 aliphatic carbocycles. The van der Waals surface area contributed by atoms with E-state index in [0.717, 1.165) is 23.9 Å². The summed E-state index contributed by atoms with van der Waals surface area (Å²) in [6.45, 7) is 1.84. The Hall–Kier alpha value is -2.71. The van der Waals surface area contributed by atoms with Gasteiger partial charge >= 0.3 is 0 Å². The lowest BCUT2D eigenvalue weighted by Gasteiger charge is -2.31. The van der Waals surface area contributed by atoms with Gasteiger partial charge in [0.25, 0.3) is 0 Å². The molecule has 4 rings (SSSR count). The number of likely N-dealkylation sites (tertiary alicyclic amines) is 1. The molecule has 5 nitrogen and oxygen atoms in total. The Morgan fingerprint density at radius 3 is 2.55 bits per heavy atom. The molecule has 0 N–H and O–H groups in total. The van der Waals surface area contributed by atoms with Gasteiger partial charge in [0.1, 0.15) is 18.0 Å². The predicted molar refractivity (Wildman–Crippen MR) is 107 cm³/mol. The second kappa shape index (κ2) is 8.34. The minimum atomic E-state index is -0.670. The summed E-state index contributed by atoms with van der Waals surface area (Å²) >= 11 is 5.54. The van der Waals surface area contributed by atoms with Gasteiger partial charge in [0.15, 0.2) is 5.78 Å². The lowest BCUT2D eigenvalue weighted by molar-refractivity contribution is 0.0799. The first-order chi connectivity index (χ1) is 14.0. The van der Waals surface area contributed by atoms with Gasteiger partial charge in [0, 0.05) is 24.7 Å². The van der Waals surface area contributed by atoms with Gasteiger partial charge < -0.3 is 0 Å². The number of para-hydroxylation sites is 1. The van der Waals surface area contributed by atoms with Gasteiger partial charge in [-0.2, -0.15) is 5.10 Å². The molecular formula is C21H20F2N4OS. The lowest BCUT2D eigenvalue weighted by Crippen LogP contribution is -2.38. The monoisotopic (exact) mass is 414 g/mol. The molecule has 150 valence electrons. The number of carbonyl (C=O) groups is 1. The number of piperidine rings is 1. The highest BCUT2D eigenvalue weighted by atomic mass is 32.1. The van der Waals surface area contributed by atoms with E-state index in [1.54, 1.807) is 11.0 Å². The second-order valence-corrected chi connectivity index (χ2v) is 7.51. The smallest absolute Gasteiger partial charge is 0.203 e. The van der Waals surface area contributed by atoms with Crippen LogP contribution in [0.1, 0.15) is 23.2 Å². The van der Waals surface area contributed by atoms with Gasteiger partial charge in [-0.1, -0.05) is 18.2 Å². The summed E-state index contributed by atoms with van der Waals surface area (Å²) in [7, 11) is 0. The molecule has 0 amide bonds. The molecular weight excluding hydrogens is 394 g/mol. The molecule has 0 spiro atoms. The van der Waals surface area contributed by atoms with Crippen molar-refractivity contribution >= 4 is 18.0 Å². The van der Waals surface area contributed by atoms with Crippen molar-refractivity contribution in [3.05, 3.63) is 76.8 Å². The largest absolute Gasteiger partial charge is 0.294 e. The highest BCUT2D eigenvalue weighted by molar-refractivity contribution is 7.71. The van der Waals surface area contributed by atoms with E-state index in [1.807, 2.05) is 34.9 Å². The summed E-state index contributed by atoms with van der Waals surface area (Å²) in [5, 5.41) is 4.38. The van der Waals surface area contributed by atoms with Crippen LogP contribution in [0.5, 0.6) is 0 Å². The number of Topliss-reactive ketones (excluding diaryl/α,β-unsaturated/α-hetero) is 1. The van der Waals surface area contributed by atoms with Crippen molar-refractivity contribution in [3.8, 4) is 5.69 Å². The molecule has 1 fully saturated rings. The third-order valence-electron chi connectivity index (χ3n) is 5.25. The first kappa shape index (κ1) is 19.6. The van der Waals surface area contributed by atoms with Crippen molar-refractivity contribution in [3.63, 3.8) is 0 Å². The molecule has 3 aromatic rings. The molecule has 1 saturated heterocycles. The average Bonchev–Trinajstić information content (AvgIpc) is 3.10. The number of hydrogen-bond acceptors (Lipinski definition) is 4. The van der Waals surface area contributed by atoms with Crippen molar-refractivity contribution < 1.29 is 13.6 Å². The molecule has 0 saturated carbocycles. The first-order valence-corrected chi connectivity index (χ1v) is 9.85. The minimum Gasteiger partial charge on any atom is -0.294 e. The maximum atomic E-state index is 13.9. The average molecular weight is 414 g/mol. The fourth-order valence-corrected chi connectivity index (χ4v) is 3.89. The lowest BCUT2D eigenvalue weighted by atomic mass is 9.89. The highest BCUT2D eigenvalue weighted by Crippen LogP contribution is 2.24. The van der Waals surface area contributed by atoms with Crippen LogP contribution >= 0.6 is 12.2 Å². The van der Waals surface area contributed by atoms with Crippen molar-refractivity contribution in [1.29, 1.82) is 0 Å². The number of ketones is 1. The summed E-state index contributed by atoms with van der Waals surface area (Å²) in [6.07, 6.45) is 2.86. The molecule has 29 heavy (non-hydrogen) atoms. The van der Waals surface area contributed by atoms with E-state index >= 15 is 0 Å². The third-order valence-corrected chi connectivity index (χ3v) is 5.66. The molecule has 0 bridgehead atoms. The molecule has 0 radical (unpaired) electrons. The minimum absolute atomic E-state index is 0.160. The van der Waals surface area contributed by atoms with E-state index < -0.39 is 11.6 Å². The van der Waals surface area contributed by atoms with Gasteiger partial charge in [0.2, 0.25) is 4.77 Å². The Balaban J connectivity index is 1.40. The highest BCUT2D eigenvalue weighted by Gasteiger charge is 2.28. The van der Waals surface area contributed by atoms with E-state index in [2.05, 4.69) is 10.00 Å². The van der Waals surface area contributed by atoms with E-state index in [1.165, 1.54) is 0 Å². The zero-order valence-electron chi connectivity index (χ0n) is 15.7. The molecule has 2 heterocycles.